The van der Waals surface area contributed by atoms with E-state index in [1.165, 1.54) is 0 Å². The lowest BCUT2D eigenvalue weighted by Crippen LogP contribution is -2.83. The Morgan fingerprint density at radius 1 is 0.273 bits per heavy atom. The van der Waals surface area contributed by atoms with E-state index in [1.807, 2.05) is 0 Å². The molecule has 0 aliphatic rings. The SMILES string of the molecule is CCCC(F)(F)C(F)(F)C(F)(F)C(F)(F)C(F)(F)C(F)(F)C(F)(F)C(F)(C(O)(F)F)C(F)(F)C(F)(F)C(F)(F)C(F)(F)C(F)(F)C(F)(F)C(F)(F)C(F)(F)F. The number of aliphatic hydroxyl groups is 1. The molecule has 0 amide bonds. The largest absolute Gasteiger partial charge is 0.460 e. The van der Waals surface area contributed by atoms with Crippen LogP contribution in [0.4, 0.5) is 149 Å². The van der Waals surface area contributed by atoms with E-state index in [-0.39, 0.29) is 6.92 Å². The van der Waals surface area contributed by atoms with Crippen LogP contribution in [0.1, 0.15) is 19.8 Å². The molecule has 0 heterocycles. The lowest BCUT2D eigenvalue weighted by molar-refractivity contribution is -0.503. The van der Waals surface area contributed by atoms with Gasteiger partial charge in [-0.05, 0) is 0 Å². The lowest BCUT2D eigenvalue weighted by atomic mass is 9.76. The fraction of sp³-hybridized carbons (Fsp3) is 1.00. The summed E-state index contributed by atoms with van der Waals surface area (Å²) in [5, 5.41) is 7.95. The van der Waals surface area contributed by atoms with Crippen LogP contribution in [-0.4, -0.2) is 106 Å². The molecule has 0 fully saturated rings. The van der Waals surface area contributed by atoms with Gasteiger partial charge in [-0.2, -0.15) is 145 Å². The second-order valence-electron chi connectivity index (χ2n) is 10.6. The molecule has 332 valence electrons. The van der Waals surface area contributed by atoms with Gasteiger partial charge in [0.1, 0.15) is 0 Å². The van der Waals surface area contributed by atoms with Gasteiger partial charge in [0.25, 0.3) is 0 Å². The van der Waals surface area contributed by atoms with Crippen molar-refractivity contribution in [3.05, 3.63) is 0 Å². The standard InChI is InChI=1S/C20H8F34O/c1-2-3-4(21,22)6(24,25)9(30,31)12(36,37)13(38,39)10(32,33)7(26,27)5(23,20(53,54)55)8(28,29)11(34,35)14(40,41)15(42,43)16(44,45)17(46,47)18(48,49)19(50,51)52/h55H,2-3H2,1H3. The van der Waals surface area contributed by atoms with Crippen LogP contribution in [0.15, 0.2) is 0 Å². The molecule has 0 spiro atoms. The fourth-order valence-electron chi connectivity index (χ4n) is 3.66. The molecular weight excluding hydrogens is 902 g/mol. The van der Waals surface area contributed by atoms with Crippen LogP contribution < -0.4 is 0 Å². The van der Waals surface area contributed by atoms with Crippen molar-refractivity contribution in [2.75, 3.05) is 0 Å². The molecule has 35 heteroatoms. The summed E-state index contributed by atoms with van der Waals surface area (Å²) >= 11 is 0. The Kier molecular flexibility index (Phi) is 12.2. The highest BCUT2D eigenvalue weighted by Gasteiger charge is 3.04. The van der Waals surface area contributed by atoms with Gasteiger partial charge in [0.15, 0.2) is 0 Å². The normalized spacial score (nSPS) is 18.1. The van der Waals surface area contributed by atoms with Crippen molar-refractivity contribution in [3.8, 4) is 0 Å². The Bertz CT molecular complexity index is 1380. The van der Waals surface area contributed by atoms with Gasteiger partial charge >= 0.3 is 101 Å². The van der Waals surface area contributed by atoms with E-state index < -0.39 is 114 Å². The highest BCUT2D eigenvalue weighted by molar-refractivity contribution is 5.26. The van der Waals surface area contributed by atoms with E-state index in [4.69, 9.17) is 5.11 Å². The molecule has 1 atom stereocenters. The summed E-state index contributed by atoms with van der Waals surface area (Å²) in [6.45, 7) is 0.222. The smallest absolute Gasteiger partial charge is 0.333 e. The average molecular weight is 910 g/mol. The molecule has 0 rings (SSSR count). The molecule has 1 nitrogen and oxygen atoms in total. The Hall–Kier alpha value is -2.42. The predicted octanol–water partition coefficient (Wildman–Crippen LogP) is 11.5. The zero-order valence-electron chi connectivity index (χ0n) is 24.2. The number of hydrogen-bond donors (Lipinski definition) is 1. The molecule has 0 bridgehead atoms. The molecule has 0 aromatic carbocycles. The molecule has 0 radical (unpaired) electrons. The van der Waals surface area contributed by atoms with E-state index in [1.54, 1.807) is 0 Å². The Labute approximate surface area is 276 Å². The third kappa shape index (κ3) is 5.98. The Balaban J connectivity index is 8.24. The molecule has 0 saturated heterocycles. The fourth-order valence-corrected chi connectivity index (χ4v) is 3.66. The minimum atomic E-state index is -10.6. The van der Waals surface area contributed by atoms with Crippen LogP contribution in [0.2, 0.25) is 0 Å². The van der Waals surface area contributed by atoms with E-state index in [9.17, 15) is 149 Å². The molecule has 1 N–H and O–H groups in total. The number of alkyl halides is 34. The lowest BCUT2D eigenvalue weighted by Gasteiger charge is -2.49. The minimum Gasteiger partial charge on any atom is -0.333 e. The van der Waals surface area contributed by atoms with Crippen molar-refractivity contribution < 1.29 is 154 Å². The first-order valence-corrected chi connectivity index (χ1v) is 12.2. The zero-order valence-corrected chi connectivity index (χ0v) is 24.2. The van der Waals surface area contributed by atoms with Gasteiger partial charge in [-0.1, -0.05) is 13.3 Å². The highest BCUT2D eigenvalue weighted by atomic mass is 19.4. The van der Waals surface area contributed by atoms with Crippen LogP contribution in [0.25, 0.3) is 0 Å². The monoisotopic (exact) mass is 910 g/mol. The average Bonchev–Trinajstić information content (AvgIpc) is 2.93. The van der Waals surface area contributed by atoms with E-state index in [0.717, 1.165) is 0 Å². The number of halogens is 34. The molecule has 0 aliphatic heterocycles. The van der Waals surface area contributed by atoms with Crippen molar-refractivity contribution >= 4 is 0 Å². The molecule has 0 aromatic rings. The second kappa shape index (κ2) is 12.8. The molecule has 0 saturated carbocycles. The van der Waals surface area contributed by atoms with Crippen LogP contribution in [0.3, 0.4) is 0 Å². The molecular formula is C20H8F34O. The van der Waals surface area contributed by atoms with Crippen molar-refractivity contribution in [3.63, 3.8) is 0 Å². The van der Waals surface area contributed by atoms with E-state index >= 15 is 0 Å². The number of hydrogen-bond acceptors (Lipinski definition) is 1. The number of rotatable bonds is 17. The van der Waals surface area contributed by atoms with Gasteiger partial charge in [-0.3, -0.25) is 0 Å². The van der Waals surface area contributed by atoms with Gasteiger partial charge < -0.3 is 5.11 Å². The van der Waals surface area contributed by atoms with Gasteiger partial charge in [0.05, 0.1) is 0 Å². The van der Waals surface area contributed by atoms with Crippen molar-refractivity contribution in [2.24, 2.45) is 0 Å². The van der Waals surface area contributed by atoms with E-state index in [0.29, 0.717) is 0 Å². The van der Waals surface area contributed by atoms with Crippen LogP contribution >= 0.6 is 0 Å². The third-order valence-electron chi connectivity index (χ3n) is 7.00. The summed E-state index contributed by atoms with van der Waals surface area (Å²) in [5.41, 5.74) is -10.5. The van der Waals surface area contributed by atoms with Gasteiger partial charge in [0, 0.05) is 6.42 Å². The van der Waals surface area contributed by atoms with Crippen LogP contribution in [0, 0.1) is 0 Å². The maximum Gasteiger partial charge on any atom is 0.460 e. The molecule has 1 unspecified atom stereocenters. The minimum absolute atomic E-state index is 0.222. The van der Waals surface area contributed by atoms with Gasteiger partial charge in [0.2, 0.25) is 0 Å². The summed E-state index contributed by atoms with van der Waals surface area (Å²) in [6.07, 6.45) is -22.4. The second-order valence-corrected chi connectivity index (χ2v) is 10.6. The maximum absolute atomic E-state index is 14.7. The zero-order chi connectivity index (χ0) is 45.9. The van der Waals surface area contributed by atoms with Gasteiger partial charge in [-0.25, -0.2) is 4.39 Å². The highest BCUT2D eigenvalue weighted by Crippen LogP contribution is 2.71. The Morgan fingerprint density at radius 3 is 0.636 bits per heavy atom. The van der Waals surface area contributed by atoms with Crippen LogP contribution in [0.5, 0.6) is 0 Å². The summed E-state index contributed by atoms with van der Waals surface area (Å²) in [4.78, 5) is 0. The maximum atomic E-state index is 14.7. The molecule has 0 aromatic heterocycles. The van der Waals surface area contributed by atoms with Crippen molar-refractivity contribution in [1.29, 1.82) is 0 Å². The summed E-state index contributed by atoms with van der Waals surface area (Å²) in [6, 6.07) is 0. The Morgan fingerprint density at radius 2 is 0.455 bits per heavy atom. The van der Waals surface area contributed by atoms with Crippen molar-refractivity contribution in [2.45, 2.75) is 121 Å². The third-order valence-corrected chi connectivity index (χ3v) is 7.00. The first kappa shape index (κ1) is 52.6. The molecule has 0 aliphatic carbocycles. The topological polar surface area (TPSA) is 20.2 Å². The van der Waals surface area contributed by atoms with Crippen LogP contribution in [-0.2, 0) is 0 Å². The summed E-state index contributed by atoms with van der Waals surface area (Å²) in [5.74, 6) is -135. The van der Waals surface area contributed by atoms with Crippen molar-refractivity contribution in [1.82, 2.24) is 0 Å². The quantitative estimate of drug-likeness (QED) is 0.144. The molecule has 55 heavy (non-hydrogen) atoms. The first-order chi connectivity index (χ1) is 23.1. The summed E-state index contributed by atoms with van der Waals surface area (Å²) < 4.78 is 464. The van der Waals surface area contributed by atoms with E-state index in [2.05, 4.69) is 0 Å². The van der Waals surface area contributed by atoms with Gasteiger partial charge in [-0.15, -0.1) is 0 Å². The first-order valence-electron chi connectivity index (χ1n) is 12.2. The summed E-state index contributed by atoms with van der Waals surface area (Å²) in [7, 11) is 0. The predicted molar refractivity (Wildman–Crippen MR) is 101 cm³/mol.